The molecule has 2 heterocycles. The number of hydrogen-bond donors (Lipinski definition) is 1. The molecule has 2 aliphatic heterocycles. The minimum absolute atomic E-state index is 0.0281. The number of rotatable bonds is 8. The molecule has 2 N–H and O–H groups in total. The van der Waals surface area contributed by atoms with Gasteiger partial charge in [0.15, 0.2) is 12.9 Å². The summed E-state index contributed by atoms with van der Waals surface area (Å²) in [4.78, 5) is 56.0. The largest absolute Gasteiger partial charge is 0.444 e. The van der Waals surface area contributed by atoms with E-state index in [0.717, 1.165) is 50.5 Å². The van der Waals surface area contributed by atoms with Crippen LogP contribution in [0.2, 0.25) is 0 Å². The Kier molecular flexibility index (Phi) is 8.79. The molecule has 196 valence electrons. The molecule has 2 atom stereocenters. The lowest BCUT2D eigenvalue weighted by Crippen LogP contribution is -2.59. The second-order valence-corrected chi connectivity index (χ2v) is 9.73. The fourth-order valence-electron chi connectivity index (χ4n) is 5.28. The molecule has 10 heteroatoms. The molecular formula is C26H36N4O6. The maximum atomic E-state index is 13.4. The highest BCUT2D eigenvalue weighted by molar-refractivity contribution is 5.88. The molecule has 10 nitrogen and oxygen atoms in total. The first-order valence-electron chi connectivity index (χ1n) is 12.9. The number of benzene rings is 1. The van der Waals surface area contributed by atoms with Crippen LogP contribution in [0.25, 0.3) is 0 Å². The summed E-state index contributed by atoms with van der Waals surface area (Å²) < 4.78 is 10.4. The Labute approximate surface area is 211 Å². The van der Waals surface area contributed by atoms with E-state index < -0.39 is 24.3 Å². The van der Waals surface area contributed by atoms with E-state index in [0.29, 0.717) is 13.1 Å². The second-order valence-electron chi connectivity index (χ2n) is 9.73. The van der Waals surface area contributed by atoms with E-state index in [2.05, 4.69) is 0 Å². The number of hydrogen-bond acceptors (Lipinski definition) is 7. The zero-order chi connectivity index (χ0) is 25.5. The van der Waals surface area contributed by atoms with E-state index in [1.807, 2.05) is 30.3 Å². The van der Waals surface area contributed by atoms with Gasteiger partial charge in [-0.1, -0.05) is 49.6 Å². The van der Waals surface area contributed by atoms with Crippen molar-refractivity contribution in [1.82, 2.24) is 14.7 Å². The third-order valence-corrected chi connectivity index (χ3v) is 7.29. The quantitative estimate of drug-likeness (QED) is 0.429. The van der Waals surface area contributed by atoms with Crippen molar-refractivity contribution in [2.24, 2.45) is 5.73 Å². The van der Waals surface area contributed by atoms with Crippen molar-refractivity contribution in [1.29, 1.82) is 0 Å². The van der Waals surface area contributed by atoms with Crippen LogP contribution in [-0.4, -0.2) is 76.6 Å². The number of carbonyl (C=O) groups excluding carboxylic acids is 4. The molecule has 1 saturated carbocycles. The van der Waals surface area contributed by atoms with Gasteiger partial charge >= 0.3 is 12.1 Å². The van der Waals surface area contributed by atoms with Crippen molar-refractivity contribution >= 4 is 23.9 Å². The Balaban J connectivity index is 1.38. The van der Waals surface area contributed by atoms with Gasteiger partial charge in [-0.25, -0.2) is 9.59 Å². The predicted octanol–water partition coefficient (Wildman–Crippen LogP) is 2.36. The summed E-state index contributed by atoms with van der Waals surface area (Å²) in [6, 6.07) is 8.20. The van der Waals surface area contributed by atoms with Crippen LogP contribution in [0.1, 0.15) is 63.4 Å². The van der Waals surface area contributed by atoms with Crippen LogP contribution in [0.5, 0.6) is 0 Å². The van der Waals surface area contributed by atoms with Gasteiger partial charge in [0.1, 0.15) is 12.6 Å². The minimum atomic E-state index is -1.04. The monoisotopic (exact) mass is 500 g/mol. The molecule has 0 bridgehead atoms. The van der Waals surface area contributed by atoms with Crippen LogP contribution >= 0.6 is 0 Å². The van der Waals surface area contributed by atoms with Crippen molar-refractivity contribution in [2.75, 3.05) is 19.8 Å². The van der Waals surface area contributed by atoms with Crippen LogP contribution in [0.4, 0.5) is 4.79 Å². The lowest BCUT2D eigenvalue weighted by molar-refractivity contribution is -0.148. The Morgan fingerprint density at radius 1 is 1.06 bits per heavy atom. The highest BCUT2D eigenvalue weighted by atomic mass is 16.6. The average Bonchev–Trinajstić information content (AvgIpc) is 3.57. The van der Waals surface area contributed by atoms with E-state index in [1.54, 1.807) is 4.90 Å². The van der Waals surface area contributed by atoms with Gasteiger partial charge in [0.05, 0.1) is 0 Å². The molecule has 2 saturated heterocycles. The number of esters is 1. The van der Waals surface area contributed by atoms with Crippen LogP contribution in [0, 0.1) is 0 Å². The maximum Gasteiger partial charge on any atom is 0.413 e. The Hall–Kier alpha value is -3.14. The molecule has 0 aromatic heterocycles. The summed E-state index contributed by atoms with van der Waals surface area (Å²) in [7, 11) is 0. The molecular weight excluding hydrogens is 464 g/mol. The van der Waals surface area contributed by atoms with Crippen molar-refractivity contribution in [3.8, 4) is 0 Å². The number of ether oxygens (including phenoxy) is 2. The molecule has 0 radical (unpaired) electrons. The van der Waals surface area contributed by atoms with E-state index in [9.17, 15) is 19.2 Å². The van der Waals surface area contributed by atoms with Crippen LogP contribution < -0.4 is 5.73 Å². The number of nitrogens with two attached hydrogens (primary N) is 1. The SMILES string of the molecule is N[C@H](C(=O)N1CCCC1)N(C(=O)CCC1C(=O)OCN1C(=O)OCc1ccccc1)C1CCCCC1. The first kappa shape index (κ1) is 25.9. The summed E-state index contributed by atoms with van der Waals surface area (Å²) in [5.74, 6) is -1.07. The highest BCUT2D eigenvalue weighted by Gasteiger charge is 2.41. The number of cyclic esters (lactones) is 1. The summed E-state index contributed by atoms with van der Waals surface area (Å²) >= 11 is 0. The van der Waals surface area contributed by atoms with Gasteiger partial charge in [-0.15, -0.1) is 0 Å². The Morgan fingerprint density at radius 3 is 2.44 bits per heavy atom. The number of likely N-dealkylation sites (tertiary alicyclic amines) is 1. The topological polar surface area (TPSA) is 122 Å². The summed E-state index contributed by atoms with van der Waals surface area (Å²) in [5.41, 5.74) is 7.22. The van der Waals surface area contributed by atoms with Crippen LogP contribution in [0.3, 0.4) is 0 Å². The Bertz CT molecular complexity index is 930. The zero-order valence-electron chi connectivity index (χ0n) is 20.7. The lowest BCUT2D eigenvalue weighted by atomic mass is 9.93. The molecule has 3 amide bonds. The summed E-state index contributed by atoms with van der Waals surface area (Å²) in [5, 5.41) is 0. The normalized spacial score (nSPS) is 21.2. The molecule has 1 aromatic rings. The van der Waals surface area contributed by atoms with Gasteiger partial charge in [0.2, 0.25) is 5.91 Å². The Morgan fingerprint density at radius 2 is 1.75 bits per heavy atom. The molecule has 0 spiro atoms. The van der Waals surface area contributed by atoms with Crippen LogP contribution in [-0.2, 0) is 30.5 Å². The van der Waals surface area contributed by atoms with Gasteiger partial charge in [-0.2, -0.15) is 0 Å². The fourth-order valence-corrected chi connectivity index (χ4v) is 5.28. The van der Waals surface area contributed by atoms with Gasteiger partial charge in [-0.3, -0.25) is 14.5 Å². The standard InChI is InChI=1S/C26H36N4O6/c27-23(24(32)28-15-7-8-16-28)30(20-11-5-2-6-12-20)22(31)14-13-21-25(33)36-18-29(21)26(34)35-17-19-9-3-1-4-10-19/h1,3-4,9-10,20-21,23H,2,5-8,11-18,27H2/t21?,23-/m0/s1. The fraction of sp³-hybridized carbons (Fsp3) is 0.615. The number of amides is 3. The van der Waals surface area contributed by atoms with Crippen LogP contribution in [0.15, 0.2) is 30.3 Å². The zero-order valence-corrected chi connectivity index (χ0v) is 20.7. The average molecular weight is 501 g/mol. The smallest absolute Gasteiger partial charge is 0.413 e. The van der Waals surface area contributed by atoms with Crippen molar-refractivity contribution in [2.45, 2.75) is 82.6 Å². The van der Waals surface area contributed by atoms with E-state index in [4.69, 9.17) is 15.2 Å². The number of nitrogens with zero attached hydrogens (tertiary/aromatic N) is 3. The predicted molar refractivity (Wildman–Crippen MR) is 130 cm³/mol. The third kappa shape index (κ3) is 6.16. The van der Waals surface area contributed by atoms with Crippen molar-refractivity contribution < 1.29 is 28.7 Å². The van der Waals surface area contributed by atoms with Gasteiger partial charge < -0.3 is 25.0 Å². The lowest BCUT2D eigenvalue weighted by Gasteiger charge is -2.39. The minimum Gasteiger partial charge on any atom is -0.444 e. The van der Waals surface area contributed by atoms with E-state index >= 15 is 0 Å². The molecule has 1 aliphatic carbocycles. The molecule has 3 fully saturated rings. The van der Waals surface area contributed by atoms with Gasteiger partial charge in [0, 0.05) is 25.6 Å². The van der Waals surface area contributed by atoms with E-state index in [1.165, 1.54) is 9.80 Å². The molecule has 3 aliphatic rings. The second kappa shape index (κ2) is 12.2. The molecule has 1 unspecified atom stereocenters. The first-order chi connectivity index (χ1) is 17.5. The van der Waals surface area contributed by atoms with Crippen molar-refractivity contribution in [3.05, 3.63) is 35.9 Å². The molecule has 4 rings (SSSR count). The third-order valence-electron chi connectivity index (χ3n) is 7.29. The summed E-state index contributed by atoms with van der Waals surface area (Å²) in [6.45, 7) is 1.17. The maximum absolute atomic E-state index is 13.4. The van der Waals surface area contributed by atoms with Gasteiger partial charge in [0.25, 0.3) is 5.91 Å². The number of carbonyl (C=O) groups is 4. The summed E-state index contributed by atoms with van der Waals surface area (Å²) in [6.07, 6.45) is 4.88. The molecule has 1 aromatic carbocycles. The first-order valence-corrected chi connectivity index (χ1v) is 12.9. The highest BCUT2D eigenvalue weighted by Crippen LogP contribution is 2.26. The van der Waals surface area contributed by atoms with Crippen molar-refractivity contribution in [3.63, 3.8) is 0 Å². The van der Waals surface area contributed by atoms with Gasteiger partial charge in [-0.05, 0) is 37.7 Å². The molecule has 36 heavy (non-hydrogen) atoms. The van der Waals surface area contributed by atoms with E-state index in [-0.39, 0.29) is 44.0 Å².